The van der Waals surface area contributed by atoms with Gasteiger partial charge in [0.15, 0.2) is 0 Å². The smallest absolute Gasteiger partial charge is 0.239 e. The molecule has 21 heavy (non-hydrogen) atoms. The highest BCUT2D eigenvalue weighted by molar-refractivity contribution is 5.85. The zero-order chi connectivity index (χ0) is 15.4. The van der Waals surface area contributed by atoms with Crippen molar-refractivity contribution in [2.24, 2.45) is 11.7 Å². The van der Waals surface area contributed by atoms with Crippen LogP contribution in [-0.2, 0) is 9.59 Å². The summed E-state index contributed by atoms with van der Waals surface area (Å²) < 4.78 is 0. The Kier molecular flexibility index (Phi) is 5.58. The quantitative estimate of drug-likeness (QED) is 0.710. The largest absolute Gasteiger partial charge is 0.352 e. The van der Waals surface area contributed by atoms with Crippen LogP contribution >= 0.6 is 0 Å². The highest BCUT2D eigenvalue weighted by Crippen LogP contribution is 2.21. The van der Waals surface area contributed by atoms with Crippen LogP contribution < -0.4 is 11.1 Å². The number of hydrogen-bond acceptors (Lipinski definition) is 4. The predicted molar refractivity (Wildman–Crippen MR) is 81.6 cm³/mol. The molecule has 0 radical (unpaired) electrons. The average molecular weight is 296 g/mol. The van der Waals surface area contributed by atoms with Gasteiger partial charge in [-0.1, -0.05) is 6.92 Å². The summed E-state index contributed by atoms with van der Waals surface area (Å²) in [5.74, 6) is 0.608. The Balaban J connectivity index is 1.77. The molecule has 2 aliphatic rings. The van der Waals surface area contributed by atoms with Gasteiger partial charge in [0.1, 0.15) is 0 Å². The highest BCUT2D eigenvalue weighted by atomic mass is 16.2. The molecule has 0 spiro atoms. The molecule has 1 aliphatic carbocycles. The summed E-state index contributed by atoms with van der Waals surface area (Å²) in [6.45, 7) is 4.24. The van der Waals surface area contributed by atoms with Crippen LogP contribution in [0.3, 0.4) is 0 Å². The molecule has 2 fully saturated rings. The molecule has 6 heteroatoms. The number of nitrogens with one attached hydrogen (secondary N) is 1. The fourth-order valence-corrected chi connectivity index (χ4v) is 2.85. The van der Waals surface area contributed by atoms with E-state index in [0.29, 0.717) is 25.0 Å². The zero-order valence-corrected chi connectivity index (χ0v) is 13.2. The third-order valence-corrected chi connectivity index (χ3v) is 4.46. The fourth-order valence-electron chi connectivity index (χ4n) is 2.85. The molecule has 1 saturated heterocycles. The van der Waals surface area contributed by atoms with E-state index in [2.05, 4.69) is 17.1 Å². The van der Waals surface area contributed by atoms with E-state index in [4.69, 9.17) is 5.73 Å². The molecule has 3 N–H and O–H groups in total. The van der Waals surface area contributed by atoms with Gasteiger partial charge in [0.05, 0.1) is 13.1 Å². The van der Waals surface area contributed by atoms with Crippen molar-refractivity contribution in [3.8, 4) is 0 Å². The van der Waals surface area contributed by atoms with Crippen molar-refractivity contribution >= 4 is 11.8 Å². The van der Waals surface area contributed by atoms with Gasteiger partial charge in [0.2, 0.25) is 11.8 Å². The lowest BCUT2D eigenvalue weighted by molar-refractivity contribution is -0.136. The van der Waals surface area contributed by atoms with Crippen LogP contribution in [0.5, 0.6) is 0 Å². The monoisotopic (exact) mass is 296 g/mol. The molecule has 1 saturated carbocycles. The van der Waals surface area contributed by atoms with Gasteiger partial charge in [-0.05, 0) is 38.1 Å². The maximum absolute atomic E-state index is 12.3. The number of carbonyl (C=O) groups excluding carboxylic acids is 2. The van der Waals surface area contributed by atoms with Crippen LogP contribution in [0.1, 0.15) is 32.6 Å². The molecule has 2 unspecified atom stereocenters. The minimum Gasteiger partial charge on any atom is -0.352 e. The van der Waals surface area contributed by atoms with Crippen molar-refractivity contribution in [1.82, 2.24) is 15.1 Å². The number of carbonyl (C=O) groups is 2. The molecule has 0 bridgehead atoms. The second-order valence-corrected chi connectivity index (χ2v) is 6.58. The van der Waals surface area contributed by atoms with E-state index in [-0.39, 0.29) is 24.4 Å². The topological polar surface area (TPSA) is 78.7 Å². The Morgan fingerprint density at radius 1 is 1.33 bits per heavy atom. The van der Waals surface area contributed by atoms with Gasteiger partial charge in [0, 0.05) is 25.7 Å². The first kappa shape index (κ1) is 16.2. The van der Waals surface area contributed by atoms with Gasteiger partial charge in [-0.25, -0.2) is 0 Å². The number of likely N-dealkylation sites (N-methyl/N-ethyl adjacent to an activating group) is 1. The van der Waals surface area contributed by atoms with Gasteiger partial charge in [-0.3, -0.25) is 14.5 Å². The lowest BCUT2D eigenvalue weighted by atomic mass is 9.92. The Morgan fingerprint density at radius 2 is 2.05 bits per heavy atom. The molecule has 120 valence electrons. The zero-order valence-electron chi connectivity index (χ0n) is 13.2. The summed E-state index contributed by atoms with van der Waals surface area (Å²) in [7, 11) is 1.69. The standard InChI is InChI=1S/C15H28N4O2/c1-11-5-6-19(13(7-11)8-16)10-15(21)18(2)9-14(20)17-12-3-4-12/h11-13H,3-10,16H2,1-2H3,(H,17,20). The van der Waals surface area contributed by atoms with Crippen molar-refractivity contribution in [1.29, 1.82) is 0 Å². The fraction of sp³-hybridized carbons (Fsp3) is 0.867. The van der Waals surface area contributed by atoms with Crippen LogP contribution in [0, 0.1) is 5.92 Å². The predicted octanol–water partition coefficient (Wildman–Crippen LogP) is -0.217. The second-order valence-electron chi connectivity index (χ2n) is 6.58. The summed E-state index contributed by atoms with van der Waals surface area (Å²) in [4.78, 5) is 27.7. The van der Waals surface area contributed by atoms with Crippen LogP contribution in [0.25, 0.3) is 0 Å². The highest BCUT2D eigenvalue weighted by Gasteiger charge is 2.28. The number of nitrogens with two attached hydrogens (primary N) is 1. The van der Waals surface area contributed by atoms with Gasteiger partial charge < -0.3 is 16.0 Å². The van der Waals surface area contributed by atoms with Crippen molar-refractivity contribution in [2.75, 3.05) is 33.2 Å². The molecule has 2 amide bonds. The number of nitrogens with zero attached hydrogens (tertiary/aromatic N) is 2. The summed E-state index contributed by atoms with van der Waals surface area (Å²) in [6.07, 6.45) is 4.28. The number of rotatable bonds is 6. The summed E-state index contributed by atoms with van der Waals surface area (Å²) in [5.41, 5.74) is 5.82. The lowest BCUT2D eigenvalue weighted by Gasteiger charge is -2.38. The summed E-state index contributed by atoms with van der Waals surface area (Å²) >= 11 is 0. The Labute approximate surface area is 127 Å². The summed E-state index contributed by atoms with van der Waals surface area (Å²) in [6, 6.07) is 0.623. The van der Waals surface area contributed by atoms with E-state index < -0.39 is 0 Å². The van der Waals surface area contributed by atoms with Gasteiger partial charge in [0.25, 0.3) is 0 Å². The third-order valence-electron chi connectivity index (χ3n) is 4.46. The Bertz CT molecular complexity index is 384. The van der Waals surface area contributed by atoms with Crippen molar-refractivity contribution in [3.05, 3.63) is 0 Å². The number of piperidine rings is 1. The maximum Gasteiger partial charge on any atom is 0.239 e. The average Bonchev–Trinajstić information content (AvgIpc) is 3.24. The molecular formula is C15H28N4O2. The first-order valence-electron chi connectivity index (χ1n) is 7.97. The Morgan fingerprint density at radius 3 is 2.67 bits per heavy atom. The van der Waals surface area contributed by atoms with Gasteiger partial charge >= 0.3 is 0 Å². The van der Waals surface area contributed by atoms with Crippen molar-refractivity contribution < 1.29 is 9.59 Å². The molecule has 2 rings (SSSR count). The minimum atomic E-state index is -0.0593. The van der Waals surface area contributed by atoms with E-state index in [1.54, 1.807) is 7.05 Å². The molecule has 0 aromatic heterocycles. The van der Waals surface area contributed by atoms with Crippen LogP contribution in [0.2, 0.25) is 0 Å². The third kappa shape index (κ3) is 4.97. The van der Waals surface area contributed by atoms with E-state index >= 15 is 0 Å². The van der Waals surface area contributed by atoms with E-state index in [1.165, 1.54) is 4.90 Å². The normalized spacial score (nSPS) is 26.4. The van der Waals surface area contributed by atoms with Crippen LogP contribution in [-0.4, -0.2) is 66.9 Å². The van der Waals surface area contributed by atoms with Gasteiger partial charge in [-0.15, -0.1) is 0 Å². The summed E-state index contributed by atoms with van der Waals surface area (Å²) in [5, 5.41) is 2.90. The minimum absolute atomic E-state index is 0.00560. The Hall–Kier alpha value is -1.14. The van der Waals surface area contributed by atoms with Crippen molar-refractivity contribution in [3.63, 3.8) is 0 Å². The van der Waals surface area contributed by atoms with E-state index in [1.807, 2.05) is 0 Å². The second kappa shape index (κ2) is 7.22. The SMILES string of the molecule is CC1CCN(CC(=O)N(C)CC(=O)NC2CC2)C(CN)C1. The number of amides is 2. The van der Waals surface area contributed by atoms with E-state index in [0.717, 1.165) is 32.2 Å². The molecule has 6 nitrogen and oxygen atoms in total. The first-order valence-corrected chi connectivity index (χ1v) is 7.97. The lowest BCUT2D eigenvalue weighted by Crippen LogP contribution is -2.51. The van der Waals surface area contributed by atoms with Gasteiger partial charge in [-0.2, -0.15) is 0 Å². The first-order chi connectivity index (χ1) is 9.99. The maximum atomic E-state index is 12.3. The van der Waals surface area contributed by atoms with Crippen LogP contribution in [0.4, 0.5) is 0 Å². The number of likely N-dealkylation sites (tertiary alicyclic amines) is 1. The van der Waals surface area contributed by atoms with Crippen LogP contribution in [0.15, 0.2) is 0 Å². The molecule has 0 aromatic carbocycles. The van der Waals surface area contributed by atoms with E-state index in [9.17, 15) is 9.59 Å². The number of hydrogen-bond donors (Lipinski definition) is 2. The molecular weight excluding hydrogens is 268 g/mol. The molecule has 1 heterocycles. The molecule has 2 atom stereocenters. The van der Waals surface area contributed by atoms with Crippen molar-refractivity contribution in [2.45, 2.75) is 44.7 Å². The molecule has 1 aliphatic heterocycles. The molecule has 0 aromatic rings.